The molecular formula is C16H22ClNO2. The SMILES string of the molecule is COc1ccc(Cl)cc1CC1(O)CC(C)N(C2CC2)C1. The van der Waals surface area contributed by atoms with Gasteiger partial charge in [-0.15, -0.1) is 0 Å². The molecule has 0 bridgehead atoms. The van der Waals surface area contributed by atoms with E-state index in [-0.39, 0.29) is 0 Å². The summed E-state index contributed by atoms with van der Waals surface area (Å²) >= 11 is 6.07. The van der Waals surface area contributed by atoms with Crippen LogP contribution in [-0.2, 0) is 6.42 Å². The molecule has 1 saturated heterocycles. The number of aliphatic hydroxyl groups is 1. The first kappa shape index (κ1) is 14.2. The summed E-state index contributed by atoms with van der Waals surface area (Å²) in [6.07, 6.45) is 3.98. The van der Waals surface area contributed by atoms with Crippen LogP contribution in [0.5, 0.6) is 5.75 Å². The molecule has 0 aromatic heterocycles. The van der Waals surface area contributed by atoms with Crippen molar-refractivity contribution >= 4 is 11.6 Å². The first-order valence-electron chi connectivity index (χ1n) is 7.31. The lowest BCUT2D eigenvalue weighted by Gasteiger charge is -2.24. The Balaban J connectivity index is 1.78. The minimum absolute atomic E-state index is 0.456. The van der Waals surface area contributed by atoms with Crippen molar-refractivity contribution in [3.05, 3.63) is 28.8 Å². The highest BCUT2D eigenvalue weighted by atomic mass is 35.5. The normalized spacial score (nSPS) is 30.7. The topological polar surface area (TPSA) is 32.7 Å². The summed E-state index contributed by atoms with van der Waals surface area (Å²) in [6.45, 7) is 2.97. The van der Waals surface area contributed by atoms with Crippen molar-refractivity contribution < 1.29 is 9.84 Å². The number of methoxy groups -OCH3 is 1. The monoisotopic (exact) mass is 295 g/mol. The molecule has 20 heavy (non-hydrogen) atoms. The fourth-order valence-electron chi connectivity index (χ4n) is 3.49. The van der Waals surface area contributed by atoms with Crippen LogP contribution in [0.3, 0.4) is 0 Å². The van der Waals surface area contributed by atoms with Crippen molar-refractivity contribution in [3.8, 4) is 5.75 Å². The van der Waals surface area contributed by atoms with E-state index in [2.05, 4.69) is 11.8 Å². The highest BCUT2D eigenvalue weighted by molar-refractivity contribution is 6.30. The molecule has 3 rings (SSSR count). The number of β-amino-alcohol motifs (C(OH)–C–C–N with tert-alkyl or cyclic N) is 1. The van der Waals surface area contributed by atoms with Gasteiger partial charge in [-0.05, 0) is 49.9 Å². The van der Waals surface area contributed by atoms with E-state index in [0.29, 0.717) is 23.5 Å². The minimum atomic E-state index is -0.667. The molecular weight excluding hydrogens is 274 g/mol. The van der Waals surface area contributed by atoms with E-state index >= 15 is 0 Å². The van der Waals surface area contributed by atoms with Crippen molar-refractivity contribution in [3.63, 3.8) is 0 Å². The number of ether oxygens (including phenoxy) is 1. The molecule has 2 fully saturated rings. The van der Waals surface area contributed by atoms with Crippen molar-refractivity contribution in [2.75, 3.05) is 13.7 Å². The van der Waals surface area contributed by atoms with Gasteiger partial charge in [0.2, 0.25) is 0 Å². The molecule has 1 saturated carbocycles. The van der Waals surface area contributed by atoms with Crippen LogP contribution in [-0.4, -0.2) is 41.3 Å². The zero-order chi connectivity index (χ0) is 14.3. The molecule has 1 N–H and O–H groups in total. The van der Waals surface area contributed by atoms with E-state index in [9.17, 15) is 5.11 Å². The molecule has 0 spiro atoms. The quantitative estimate of drug-likeness (QED) is 0.927. The molecule has 1 aromatic carbocycles. The summed E-state index contributed by atoms with van der Waals surface area (Å²) < 4.78 is 5.39. The Hall–Kier alpha value is -0.770. The lowest BCUT2D eigenvalue weighted by Crippen LogP contribution is -2.36. The van der Waals surface area contributed by atoms with Gasteiger partial charge in [-0.3, -0.25) is 4.90 Å². The minimum Gasteiger partial charge on any atom is -0.496 e. The zero-order valence-corrected chi connectivity index (χ0v) is 12.9. The Morgan fingerprint density at radius 2 is 2.20 bits per heavy atom. The first-order chi connectivity index (χ1) is 9.50. The van der Waals surface area contributed by atoms with Gasteiger partial charge >= 0.3 is 0 Å². The Kier molecular flexibility index (Phi) is 3.69. The molecule has 1 aromatic rings. The van der Waals surface area contributed by atoms with Gasteiger partial charge in [0.25, 0.3) is 0 Å². The predicted octanol–water partition coefficient (Wildman–Crippen LogP) is 2.88. The second-order valence-corrected chi connectivity index (χ2v) is 6.75. The fraction of sp³-hybridized carbons (Fsp3) is 0.625. The highest BCUT2D eigenvalue weighted by Crippen LogP contribution is 2.39. The summed E-state index contributed by atoms with van der Waals surface area (Å²) in [6, 6.07) is 6.75. The van der Waals surface area contributed by atoms with Crippen LogP contribution in [0.4, 0.5) is 0 Å². The van der Waals surface area contributed by atoms with E-state index in [4.69, 9.17) is 16.3 Å². The van der Waals surface area contributed by atoms with Gasteiger partial charge in [0.1, 0.15) is 5.75 Å². The number of hydrogen-bond donors (Lipinski definition) is 1. The Bertz CT molecular complexity index is 503. The number of hydrogen-bond acceptors (Lipinski definition) is 3. The van der Waals surface area contributed by atoms with Gasteiger partial charge in [0, 0.05) is 30.1 Å². The van der Waals surface area contributed by atoms with E-state index in [1.165, 1.54) is 12.8 Å². The molecule has 2 aliphatic rings. The maximum atomic E-state index is 10.9. The molecule has 4 heteroatoms. The van der Waals surface area contributed by atoms with Gasteiger partial charge in [-0.25, -0.2) is 0 Å². The molecule has 3 nitrogen and oxygen atoms in total. The third-order valence-corrected chi connectivity index (χ3v) is 4.73. The van der Waals surface area contributed by atoms with Gasteiger partial charge in [0.05, 0.1) is 12.7 Å². The zero-order valence-electron chi connectivity index (χ0n) is 12.1. The van der Waals surface area contributed by atoms with Crippen molar-refractivity contribution in [1.82, 2.24) is 4.90 Å². The molecule has 1 aliphatic carbocycles. The molecule has 2 atom stereocenters. The van der Waals surface area contributed by atoms with Crippen molar-refractivity contribution in [2.45, 2.75) is 50.3 Å². The fourth-order valence-corrected chi connectivity index (χ4v) is 3.69. The second-order valence-electron chi connectivity index (χ2n) is 6.31. The van der Waals surface area contributed by atoms with Crippen LogP contribution in [0.15, 0.2) is 18.2 Å². The van der Waals surface area contributed by atoms with Crippen LogP contribution in [0.25, 0.3) is 0 Å². The summed E-state index contributed by atoms with van der Waals surface area (Å²) in [5.41, 5.74) is 0.326. The summed E-state index contributed by atoms with van der Waals surface area (Å²) in [5, 5.41) is 11.6. The van der Waals surface area contributed by atoms with Crippen LogP contribution in [0.2, 0.25) is 5.02 Å². The maximum absolute atomic E-state index is 10.9. The maximum Gasteiger partial charge on any atom is 0.122 e. The van der Waals surface area contributed by atoms with E-state index in [0.717, 1.165) is 24.3 Å². The summed E-state index contributed by atoms with van der Waals surface area (Å²) in [4.78, 5) is 2.46. The summed E-state index contributed by atoms with van der Waals surface area (Å²) in [7, 11) is 1.66. The van der Waals surface area contributed by atoms with Crippen molar-refractivity contribution in [1.29, 1.82) is 0 Å². The predicted molar refractivity (Wildman–Crippen MR) is 80.5 cm³/mol. The van der Waals surface area contributed by atoms with E-state index < -0.39 is 5.60 Å². The number of rotatable bonds is 4. The number of likely N-dealkylation sites (tertiary alicyclic amines) is 1. The van der Waals surface area contributed by atoms with E-state index in [1.54, 1.807) is 7.11 Å². The van der Waals surface area contributed by atoms with Crippen LogP contribution in [0, 0.1) is 0 Å². The lowest BCUT2D eigenvalue weighted by atomic mass is 9.92. The largest absolute Gasteiger partial charge is 0.496 e. The number of nitrogens with zero attached hydrogens (tertiary/aromatic N) is 1. The lowest BCUT2D eigenvalue weighted by molar-refractivity contribution is 0.0481. The average Bonchev–Trinajstić information content (AvgIpc) is 3.16. The first-order valence-corrected chi connectivity index (χ1v) is 7.69. The summed E-state index contributed by atoms with van der Waals surface area (Å²) in [5.74, 6) is 0.806. The molecule has 0 radical (unpaired) electrons. The second kappa shape index (κ2) is 5.21. The van der Waals surface area contributed by atoms with E-state index in [1.807, 2.05) is 18.2 Å². The van der Waals surface area contributed by atoms with Crippen LogP contribution in [0.1, 0.15) is 31.7 Å². The van der Waals surface area contributed by atoms with Gasteiger partial charge in [-0.2, -0.15) is 0 Å². The van der Waals surface area contributed by atoms with Gasteiger partial charge < -0.3 is 9.84 Å². The van der Waals surface area contributed by atoms with Crippen LogP contribution < -0.4 is 4.74 Å². The molecule has 1 aliphatic heterocycles. The molecule has 2 unspecified atom stereocenters. The van der Waals surface area contributed by atoms with Gasteiger partial charge in [-0.1, -0.05) is 11.6 Å². The standard InChI is InChI=1S/C16H22ClNO2/c1-11-8-16(19,10-18(11)14-4-5-14)9-12-7-13(17)3-6-15(12)20-2/h3,6-7,11,14,19H,4-5,8-10H2,1-2H3. The smallest absolute Gasteiger partial charge is 0.122 e. The molecule has 0 amide bonds. The highest BCUT2D eigenvalue weighted by Gasteiger charge is 2.46. The van der Waals surface area contributed by atoms with Crippen LogP contribution >= 0.6 is 11.6 Å². The Morgan fingerprint density at radius 3 is 2.85 bits per heavy atom. The number of halogens is 1. The average molecular weight is 296 g/mol. The Morgan fingerprint density at radius 1 is 1.45 bits per heavy atom. The number of benzene rings is 1. The van der Waals surface area contributed by atoms with Crippen molar-refractivity contribution in [2.24, 2.45) is 0 Å². The Labute approximate surface area is 125 Å². The molecule has 110 valence electrons. The molecule has 1 heterocycles. The third kappa shape index (κ3) is 2.80. The third-order valence-electron chi connectivity index (χ3n) is 4.50. The van der Waals surface area contributed by atoms with Gasteiger partial charge in [0.15, 0.2) is 0 Å².